The van der Waals surface area contributed by atoms with Crippen LogP contribution in [0.2, 0.25) is 5.02 Å². The molecule has 6 nitrogen and oxygen atoms in total. The summed E-state index contributed by atoms with van der Waals surface area (Å²) in [6.07, 6.45) is 1.18. The molecule has 0 saturated carbocycles. The molecule has 8 heteroatoms. The van der Waals surface area contributed by atoms with E-state index in [1.54, 1.807) is 23.1 Å². The first kappa shape index (κ1) is 18.7. The summed E-state index contributed by atoms with van der Waals surface area (Å²) in [5.41, 5.74) is 3.66. The zero-order valence-corrected chi connectivity index (χ0v) is 17.1. The first-order valence-corrected chi connectivity index (χ1v) is 10.2. The highest BCUT2D eigenvalue weighted by atomic mass is 35.5. The Labute approximate surface area is 171 Å². The molecule has 4 rings (SSSR count). The highest BCUT2D eigenvalue weighted by molar-refractivity contribution is 7.98. The minimum Gasteiger partial charge on any atom is -0.447 e. The number of carbonyl (C=O) groups excluding carboxylic acids is 1. The summed E-state index contributed by atoms with van der Waals surface area (Å²) in [7, 11) is 0. The van der Waals surface area contributed by atoms with Crippen LogP contribution in [0.1, 0.15) is 24.3 Å². The van der Waals surface area contributed by atoms with Crippen molar-refractivity contribution in [3.05, 3.63) is 58.6 Å². The van der Waals surface area contributed by atoms with Gasteiger partial charge < -0.3 is 4.74 Å². The van der Waals surface area contributed by atoms with E-state index in [2.05, 4.69) is 15.2 Å². The van der Waals surface area contributed by atoms with E-state index in [0.29, 0.717) is 33.0 Å². The van der Waals surface area contributed by atoms with Crippen LogP contribution in [0.3, 0.4) is 0 Å². The zero-order valence-electron chi connectivity index (χ0n) is 15.5. The average molecular weight is 413 g/mol. The van der Waals surface area contributed by atoms with Gasteiger partial charge in [-0.15, -0.1) is 10.2 Å². The number of benzene rings is 2. The summed E-state index contributed by atoms with van der Waals surface area (Å²) in [5.74, 6) is 0.152. The molecule has 2 aromatic carbocycles. The molecule has 0 N–H and O–H groups in total. The minimum atomic E-state index is -0.690. The van der Waals surface area contributed by atoms with Crippen molar-refractivity contribution in [1.29, 1.82) is 0 Å². The molecule has 0 saturated heterocycles. The number of thioether (sulfide) groups is 1. The fourth-order valence-electron chi connectivity index (χ4n) is 3.20. The highest BCUT2D eigenvalue weighted by Crippen LogP contribution is 2.44. The number of fused-ring (bicyclic) bond motifs is 3. The number of carbonyl (C=O) groups is 1. The lowest BCUT2D eigenvalue weighted by atomic mass is 10.1. The van der Waals surface area contributed by atoms with Crippen molar-refractivity contribution in [2.45, 2.75) is 25.2 Å². The lowest BCUT2D eigenvalue weighted by Gasteiger charge is -2.30. The van der Waals surface area contributed by atoms with Gasteiger partial charge in [0.2, 0.25) is 23.2 Å². The number of rotatable bonds is 2. The molecular formula is C20H17ClN4O2S. The third-order valence-corrected chi connectivity index (χ3v) is 5.19. The van der Waals surface area contributed by atoms with E-state index in [-0.39, 0.29) is 5.91 Å². The third kappa shape index (κ3) is 3.31. The second-order valence-electron chi connectivity index (χ2n) is 6.39. The fourth-order valence-corrected chi connectivity index (χ4v) is 3.67. The Morgan fingerprint density at radius 1 is 1.21 bits per heavy atom. The van der Waals surface area contributed by atoms with Crippen molar-refractivity contribution in [2.24, 2.45) is 0 Å². The number of hydrogen-bond donors (Lipinski definition) is 0. The maximum Gasteiger partial charge on any atom is 0.247 e. The largest absolute Gasteiger partial charge is 0.447 e. The molecule has 142 valence electrons. The number of anilines is 1. The summed E-state index contributed by atoms with van der Waals surface area (Å²) < 4.78 is 6.27. The van der Waals surface area contributed by atoms with Crippen molar-refractivity contribution in [3.8, 4) is 17.1 Å². The Balaban J connectivity index is 2.00. The number of hydrogen-bond acceptors (Lipinski definition) is 6. The van der Waals surface area contributed by atoms with Gasteiger partial charge in [-0.3, -0.25) is 9.69 Å². The van der Waals surface area contributed by atoms with Crippen molar-refractivity contribution >= 4 is 35.0 Å². The van der Waals surface area contributed by atoms with Gasteiger partial charge >= 0.3 is 0 Å². The second-order valence-corrected chi connectivity index (χ2v) is 7.60. The molecule has 0 unspecified atom stereocenters. The molecular weight excluding hydrogens is 396 g/mol. The van der Waals surface area contributed by atoms with Gasteiger partial charge in [-0.25, -0.2) is 0 Å². The topological polar surface area (TPSA) is 68.2 Å². The predicted octanol–water partition coefficient (Wildman–Crippen LogP) is 4.67. The quantitative estimate of drug-likeness (QED) is 0.570. The Morgan fingerprint density at radius 3 is 2.75 bits per heavy atom. The fraction of sp³-hybridized carbons (Fsp3) is 0.200. The number of amides is 1. The van der Waals surface area contributed by atoms with Gasteiger partial charge in [-0.2, -0.15) is 4.98 Å². The van der Waals surface area contributed by atoms with Crippen LogP contribution in [-0.4, -0.2) is 27.3 Å². The summed E-state index contributed by atoms with van der Waals surface area (Å²) in [6.45, 7) is 3.50. The molecule has 0 aliphatic carbocycles. The Hall–Kier alpha value is -2.64. The van der Waals surface area contributed by atoms with Crippen LogP contribution in [0.5, 0.6) is 5.88 Å². The number of aromatic nitrogens is 3. The number of aryl methyl sites for hydroxylation is 1. The number of nitrogens with zero attached hydrogens (tertiary/aromatic N) is 4. The molecule has 1 aromatic heterocycles. The summed E-state index contributed by atoms with van der Waals surface area (Å²) in [4.78, 5) is 18.8. The van der Waals surface area contributed by atoms with Gasteiger partial charge in [0, 0.05) is 23.1 Å². The van der Waals surface area contributed by atoms with E-state index >= 15 is 0 Å². The molecule has 1 amide bonds. The summed E-state index contributed by atoms with van der Waals surface area (Å²) >= 11 is 7.61. The van der Waals surface area contributed by atoms with Gasteiger partial charge in [0.05, 0.1) is 5.69 Å². The minimum absolute atomic E-state index is 0.166. The lowest BCUT2D eigenvalue weighted by molar-refractivity contribution is -0.118. The maximum absolute atomic E-state index is 12.7. The normalized spacial score (nSPS) is 15.3. The molecule has 2 heterocycles. The Kier molecular flexibility index (Phi) is 4.95. The van der Waals surface area contributed by atoms with E-state index in [4.69, 9.17) is 16.3 Å². The molecule has 1 atom stereocenters. The van der Waals surface area contributed by atoms with Gasteiger partial charge in [0.15, 0.2) is 5.69 Å². The van der Waals surface area contributed by atoms with E-state index in [0.717, 1.165) is 11.1 Å². The van der Waals surface area contributed by atoms with Crippen LogP contribution in [-0.2, 0) is 4.79 Å². The monoisotopic (exact) mass is 412 g/mol. The molecule has 1 aliphatic heterocycles. The number of halogens is 1. The SMILES string of the molecule is CSc1nnc2c(n1)O[C@@H](c1cccc(C)c1)N(C(C)=O)c1ccc(Cl)cc1-2. The first-order chi connectivity index (χ1) is 13.5. The van der Waals surface area contributed by atoms with Gasteiger partial charge in [-0.05, 0) is 31.4 Å². The van der Waals surface area contributed by atoms with Crippen molar-refractivity contribution < 1.29 is 9.53 Å². The second kappa shape index (κ2) is 7.41. The van der Waals surface area contributed by atoms with E-state index in [9.17, 15) is 4.79 Å². The van der Waals surface area contributed by atoms with Crippen molar-refractivity contribution in [1.82, 2.24) is 15.2 Å². The predicted molar refractivity (Wildman–Crippen MR) is 110 cm³/mol. The molecule has 3 aromatic rings. The third-order valence-electron chi connectivity index (χ3n) is 4.42. The van der Waals surface area contributed by atoms with Gasteiger partial charge in [0.25, 0.3) is 0 Å². The molecule has 0 radical (unpaired) electrons. The smallest absolute Gasteiger partial charge is 0.247 e. The van der Waals surface area contributed by atoms with E-state index in [1.165, 1.54) is 18.7 Å². The van der Waals surface area contributed by atoms with Crippen LogP contribution in [0.15, 0.2) is 47.6 Å². The summed E-state index contributed by atoms with van der Waals surface area (Å²) in [6, 6.07) is 13.1. The number of ether oxygens (including phenoxy) is 1. The van der Waals surface area contributed by atoms with Gasteiger partial charge in [-0.1, -0.05) is 53.2 Å². The lowest BCUT2D eigenvalue weighted by Crippen LogP contribution is -2.36. The maximum atomic E-state index is 12.7. The van der Waals surface area contributed by atoms with Crippen LogP contribution >= 0.6 is 23.4 Å². The van der Waals surface area contributed by atoms with E-state index < -0.39 is 6.23 Å². The molecule has 1 aliphatic rings. The molecule has 0 fully saturated rings. The first-order valence-electron chi connectivity index (χ1n) is 8.59. The summed E-state index contributed by atoms with van der Waals surface area (Å²) in [5, 5.41) is 9.47. The Bertz CT molecular complexity index is 1080. The average Bonchev–Trinajstić information content (AvgIpc) is 2.81. The van der Waals surface area contributed by atoms with Crippen LogP contribution in [0.4, 0.5) is 5.69 Å². The van der Waals surface area contributed by atoms with Gasteiger partial charge in [0.1, 0.15) is 0 Å². The molecule has 0 bridgehead atoms. The molecule has 0 spiro atoms. The highest BCUT2D eigenvalue weighted by Gasteiger charge is 2.34. The van der Waals surface area contributed by atoms with Crippen LogP contribution < -0.4 is 9.64 Å². The molecule has 28 heavy (non-hydrogen) atoms. The van der Waals surface area contributed by atoms with E-state index in [1.807, 2.05) is 37.4 Å². The van der Waals surface area contributed by atoms with Crippen molar-refractivity contribution in [3.63, 3.8) is 0 Å². The Morgan fingerprint density at radius 2 is 2.04 bits per heavy atom. The zero-order chi connectivity index (χ0) is 19.8. The van der Waals surface area contributed by atoms with Crippen LogP contribution in [0.25, 0.3) is 11.3 Å². The van der Waals surface area contributed by atoms with Crippen LogP contribution in [0, 0.1) is 6.92 Å². The van der Waals surface area contributed by atoms with Crippen molar-refractivity contribution in [2.75, 3.05) is 11.2 Å². The standard InChI is InChI=1S/C20H17ClN4O2S/c1-11-5-4-6-13(9-11)19-25(12(2)26)16-8-7-14(21)10-15(16)17-18(27-19)22-20(28-3)24-23-17/h4-10,19H,1-3H3/t19-/m0/s1.